The van der Waals surface area contributed by atoms with Crippen LogP contribution in [0.25, 0.3) is 0 Å². The molecule has 104 valence electrons. The summed E-state index contributed by atoms with van der Waals surface area (Å²) in [4.78, 5) is 0. The Kier molecular flexibility index (Phi) is 2.55. The van der Waals surface area contributed by atoms with Gasteiger partial charge in [-0.3, -0.25) is 0 Å². The van der Waals surface area contributed by atoms with Crippen molar-refractivity contribution in [2.45, 2.75) is 78.7 Å². The maximum absolute atomic E-state index is 3.81. The molecular formula is C17H31N. The molecule has 0 aromatic heterocycles. The highest BCUT2D eigenvalue weighted by Crippen LogP contribution is 2.69. The standard InChI is InChI=1S/C17H31N/c1-14(2,3)18-12-17-8-13-6-15(4,10-17)9-16(5,7-13)11-17/h13,18H,6-12H2,1-5H3. The van der Waals surface area contributed by atoms with Crippen molar-refractivity contribution in [2.24, 2.45) is 22.2 Å². The SMILES string of the molecule is CC12CC3CC(C)(C1)CC(CNC(C)(C)C)(C3)C2. The lowest BCUT2D eigenvalue weighted by Crippen LogP contribution is -2.59. The van der Waals surface area contributed by atoms with Crippen LogP contribution in [0.4, 0.5) is 0 Å². The van der Waals surface area contributed by atoms with Crippen LogP contribution in [0, 0.1) is 22.2 Å². The van der Waals surface area contributed by atoms with Crippen molar-refractivity contribution in [2.75, 3.05) is 6.54 Å². The molecule has 4 aliphatic rings. The van der Waals surface area contributed by atoms with Crippen molar-refractivity contribution in [1.29, 1.82) is 0 Å². The van der Waals surface area contributed by atoms with Crippen LogP contribution in [0.3, 0.4) is 0 Å². The molecule has 4 fully saturated rings. The highest BCUT2D eigenvalue weighted by atomic mass is 15.0. The molecule has 0 aliphatic heterocycles. The average molecular weight is 249 g/mol. The number of nitrogens with one attached hydrogen (secondary N) is 1. The van der Waals surface area contributed by atoms with Gasteiger partial charge in [-0.1, -0.05) is 13.8 Å². The Balaban J connectivity index is 1.81. The molecule has 1 nitrogen and oxygen atoms in total. The van der Waals surface area contributed by atoms with E-state index < -0.39 is 0 Å². The average Bonchev–Trinajstić information content (AvgIpc) is 2.07. The molecule has 1 N–H and O–H groups in total. The zero-order chi connectivity index (χ0) is 13.2. The second kappa shape index (κ2) is 3.53. The third-order valence-electron chi connectivity index (χ3n) is 5.74. The first-order valence-electron chi connectivity index (χ1n) is 7.86. The van der Waals surface area contributed by atoms with Crippen LogP contribution in [-0.4, -0.2) is 12.1 Å². The van der Waals surface area contributed by atoms with E-state index in [9.17, 15) is 0 Å². The lowest BCUT2D eigenvalue weighted by molar-refractivity contribution is -0.144. The lowest BCUT2D eigenvalue weighted by Gasteiger charge is -2.65. The van der Waals surface area contributed by atoms with Crippen LogP contribution in [0.5, 0.6) is 0 Å². The van der Waals surface area contributed by atoms with Crippen LogP contribution < -0.4 is 5.32 Å². The molecule has 0 saturated heterocycles. The van der Waals surface area contributed by atoms with Crippen LogP contribution >= 0.6 is 0 Å². The minimum absolute atomic E-state index is 0.269. The molecule has 4 saturated carbocycles. The smallest absolute Gasteiger partial charge is 0.00967 e. The minimum atomic E-state index is 0.269. The van der Waals surface area contributed by atoms with Gasteiger partial charge >= 0.3 is 0 Å². The van der Waals surface area contributed by atoms with Gasteiger partial charge in [-0.15, -0.1) is 0 Å². The molecule has 18 heavy (non-hydrogen) atoms. The predicted molar refractivity (Wildman–Crippen MR) is 77.6 cm³/mol. The summed E-state index contributed by atoms with van der Waals surface area (Å²) in [5, 5.41) is 3.81. The van der Waals surface area contributed by atoms with Gasteiger partial charge in [0, 0.05) is 12.1 Å². The summed E-state index contributed by atoms with van der Waals surface area (Å²) >= 11 is 0. The van der Waals surface area contributed by atoms with Crippen molar-refractivity contribution in [3.05, 3.63) is 0 Å². The van der Waals surface area contributed by atoms with E-state index in [2.05, 4.69) is 39.9 Å². The lowest BCUT2D eigenvalue weighted by atomic mass is 9.40. The second-order valence-corrected chi connectivity index (χ2v) is 9.73. The fraction of sp³-hybridized carbons (Fsp3) is 1.00. The van der Waals surface area contributed by atoms with Gasteiger partial charge in [0.25, 0.3) is 0 Å². The molecule has 0 radical (unpaired) electrons. The van der Waals surface area contributed by atoms with E-state index in [0.29, 0.717) is 16.2 Å². The number of hydrogen-bond donors (Lipinski definition) is 1. The summed E-state index contributed by atoms with van der Waals surface area (Å²) in [5.74, 6) is 1.03. The quantitative estimate of drug-likeness (QED) is 0.766. The largest absolute Gasteiger partial charge is 0.312 e. The first-order valence-corrected chi connectivity index (χ1v) is 7.86. The normalized spacial score (nSPS) is 50.8. The summed E-state index contributed by atoms with van der Waals surface area (Å²) in [7, 11) is 0. The fourth-order valence-corrected chi connectivity index (χ4v) is 6.33. The summed E-state index contributed by atoms with van der Waals surface area (Å²) in [5.41, 5.74) is 2.21. The van der Waals surface area contributed by atoms with E-state index in [1.807, 2.05) is 0 Å². The molecule has 4 rings (SSSR count). The van der Waals surface area contributed by atoms with E-state index >= 15 is 0 Å². The Bertz CT molecular complexity index is 333. The highest BCUT2D eigenvalue weighted by molar-refractivity contribution is 5.11. The summed E-state index contributed by atoms with van der Waals surface area (Å²) < 4.78 is 0. The zero-order valence-corrected chi connectivity index (χ0v) is 13.0. The van der Waals surface area contributed by atoms with Gasteiger partial charge in [0.05, 0.1) is 0 Å². The Hall–Kier alpha value is -0.0400. The van der Waals surface area contributed by atoms with Gasteiger partial charge in [0.1, 0.15) is 0 Å². The topological polar surface area (TPSA) is 12.0 Å². The van der Waals surface area contributed by atoms with Gasteiger partial charge in [0.2, 0.25) is 0 Å². The summed E-state index contributed by atoms with van der Waals surface area (Å²) in [6.07, 6.45) is 8.99. The molecular weight excluding hydrogens is 218 g/mol. The molecule has 4 aliphatic carbocycles. The highest BCUT2D eigenvalue weighted by Gasteiger charge is 2.59. The fourth-order valence-electron chi connectivity index (χ4n) is 6.33. The molecule has 0 amide bonds. The molecule has 0 aromatic carbocycles. The predicted octanol–water partition coefficient (Wildman–Crippen LogP) is 4.37. The zero-order valence-electron chi connectivity index (χ0n) is 13.0. The van der Waals surface area contributed by atoms with Gasteiger partial charge < -0.3 is 5.32 Å². The molecule has 2 unspecified atom stereocenters. The molecule has 1 heteroatoms. The van der Waals surface area contributed by atoms with Gasteiger partial charge in [-0.25, -0.2) is 0 Å². The van der Waals surface area contributed by atoms with Crippen molar-refractivity contribution in [3.8, 4) is 0 Å². The van der Waals surface area contributed by atoms with Crippen LogP contribution in [0.15, 0.2) is 0 Å². The van der Waals surface area contributed by atoms with Crippen molar-refractivity contribution < 1.29 is 0 Å². The first-order chi connectivity index (χ1) is 8.11. The second-order valence-electron chi connectivity index (χ2n) is 9.73. The molecule has 0 aromatic rings. The van der Waals surface area contributed by atoms with Crippen molar-refractivity contribution in [3.63, 3.8) is 0 Å². The van der Waals surface area contributed by atoms with Gasteiger partial charge in [0.15, 0.2) is 0 Å². The summed E-state index contributed by atoms with van der Waals surface area (Å²) in [6.45, 7) is 13.3. The van der Waals surface area contributed by atoms with E-state index in [-0.39, 0.29) is 5.54 Å². The number of rotatable bonds is 2. The Morgan fingerprint density at radius 1 is 0.944 bits per heavy atom. The Labute approximate surface area is 113 Å². The van der Waals surface area contributed by atoms with E-state index in [1.165, 1.54) is 45.1 Å². The van der Waals surface area contributed by atoms with E-state index in [1.54, 1.807) is 0 Å². The molecule has 4 bridgehead atoms. The molecule has 0 spiro atoms. The van der Waals surface area contributed by atoms with E-state index in [4.69, 9.17) is 0 Å². The monoisotopic (exact) mass is 249 g/mol. The van der Waals surface area contributed by atoms with Gasteiger partial charge in [-0.05, 0) is 81.5 Å². The van der Waals surface area contributed by atoms with Crippen molar-refractivity contribution >= 4 is 0 Å². The third-order valence-corrected chi connectivity index (χ3v) is 5.74. The maximum atomic E-state index is 3.81. The Morgan fingerprint density at radius 3 is 1.94 bits per heavy atom. The van der Waals surface area contributed by atoms with Crippen LogP contribution in [-0.2, 0) is 0 Å². The van der Waals surface area contributed by atoms with Crippen molar-refractivity contribution in [1.82, 2.24) is 5.32 Å². The summed E-state index contributed by atoms with van der Waals surface area (Å²) in [6, 6.07) is 0. The third kappa shape index (κ3) is 2.24. The van der Waals surface area contributed by atoms with Crippen LogP contribution in [0.2, 0.25) is 0 Å². The van der Waals surface area contributed by atoms with E-state index in [0.717, 1.165) is 5.92 Å². The first kappa shape index (κ1) is 13.0. The maximum Gasteiger partial charge on any atom is 0.00967 e. The number of hydrogen-bond acceptors (Lipinski definition) is 1. The molecule has 0 heterocycles. The molecule has 2 atom stereocenters. The van der Waals surface area contributed by atoms with Gasteiger partial charge in [-0.2, -0.15) is 0 Å². The van der Waals surface area contributed by atoms with Crippen LogP contribution in [0.1, 0.15) is 73.1 Å². The Morgan fingerprint density at radius 2 is 1.50 bits per heavy atom. The minimum Gasteiger partial charge on any atom is -0.312 e.